The zero-order valence-electron chi connectivity index (χ0n) is 9.82. The summed E-state index contributed by atoms with van der Waals surface area (Å²) in [7, 11) is 0. The summed E-state index contributed by atoms with van der Waals surface area (Å²) in [4.78, 5) is 15.9. The largest absolute Gasteiger partial charge is 0.355 e. The van der Waals surface area contributed by atoms with Crippen molar-refractivity contribution in [1.29, 1.82) is 0 Å². The third-order valence-corrected chi connectivity index (χ3v) is 3.48. The Kier molecular flexibility index (Phi) is 5.42. The van der Waals surface area contributed by atoms with Gasteiger partial charge in [0.1, 0.15) is 0 Å². The molecule has 5 heteroatoms. The summed E-state index contributed by atoms with van der Waals surface area (Å²) < 4.78 is 0. The molecule has 0 aromatic carbocycles. The number of hydrogen-bond acceptors (Lipinski definition) is 4. The Morgan fingerprint density at radius 3 is 2.94 bits per heavy atom. The molecule has 0 aliphatic rings. The summed E-state index contributed by atoms with van der Waals surface area (Å²) in [5, 5.41) is 5.98. The molecule has 1 aromatic rings. The molecule has 1 heterocycles. The van der Waals surface area contributed by atoms with Crippen LogP contribution in [0.2, 0.25) is 0 Å². The van der Waals surface area contributed by atoms with Crippen LogP contribution in [0.25, 0.3) is 0 Å². The summed E-state index contributed by atoms with van der Waals surface area (Å²) in [6.07, 6.45) is 1.59. The molecule has 1 unspecified atom stereocenters. The number of carbonyl (C=O) groups excluding carboxylic acids is 1. The van der Waals surface area contributed by atoms with Gasteiger partial charge in [-0.05, 0) is 13.3 Å². The van der Waals surface area contributed by atoms with Crippen LogP contribution >= 0.6 is 11.3 Å². The fourth-order valence-corrected chi connectivity index (χ4v) is 2.19. The average Bonchev–Trinajstić information content (AvgIpc) is 2.66. The zero-order valence-corrected chi connectivity index (χ0v) is 10.6. The monoisotopic (exact) mass is 241 g/mol. The van der Waals surface area contributed by atoms with Crippen molar-refractivity contribution in [2.45, 2.75) is 26.7 Å². The highest BCUT2D eigenvalue weighted by Gasteiger charge is 2.13. The Bertz CT molecular complexity index is 334. The molecule has 1 aromatic heterocycles. The predicted molar refractivity (Wildman–Crippen MR) is 66.4 cm³/mol. The van der Waals surface area contributed by atoms with Crippen LogP contribution in [-0.2, 0) is 11.2 Å². The third kappa shape index (κ3) is 3.90. The number of nitrogens with zero attached hydrogens (tertiary/aromatic N) is 1. The maximum Gasteiger partial charge on any atom is 0.224 e. The molecule has 0 saturated carbocycles. The van der Waals surface area contributed by atoms with Crippen LogP contribution in [0.3, 0.4) is 0 Å². The van der Waals surface area contributed by atoms with Gasteiger partial charge in [0, 0.05) is 36.5 Å². The Balaban J connectivity index is 2.27. The number of nitrogens with two attached hydrogens (primary N) is 1. The van der Waals surface area contributed by atoms with Gasteiger partial charge in [0.25, 0.3) is 0 Å². The molecule has 4 nitrogen and oxygen atoms in total. The molecule has 0 aliphatic carbocycles. The number of aryl methyl sites for hydroxylation is 1. The first kappa shape index (κ1) is 13.1. The fraction of sp³-hybridized carbons (Fsp3) is 0.636. The molecular formula is C11H19N3OS. The van der Waals surface area contributed by atoms with E-state index in [9.17, 15) is 4.79 Å². The van der Waals surface area contributed by atoms with Crippen LogP contribution in [0.15, 0.2) is 5.38 Å². The molecule has 0 radical (unpaired) electrons. The molecular weight excluding hydrogens is 222 g/mol. The Labute approximate surface area is 100 Å². The summed E-state index contributed by atoms with van der Waals surface area (Å²) in [5.41, 5.74) is 6.54. The Morgan fingerprint density at radius 1 is 1.69 bits per heavy atom. The van der Waals surface area contributed by atoms with Crippen LogP contribution in [0.5, 0.6) is 0 Å². The summed E-state index contributed by atoms with van der Waals surface area (Å²) in [6, 6.07) is 0. The van der Waals surface area contributed by atoms with E-state index >= 15 is 0 Å². The minimum absolute atomic E-state index is 0.0540. The fourth-order valence-electron chi connectivity index (χ4n) is 1.41. The third-order valence-electron chi connectivity index (χ3n) is 2.45. The van der Waals surface area contributed by atoms with Gasteiger partial charge in [-0.2, -0.15) is 0 Å². The van der Waals surface area contributed by atoms with E-state index in [1.807, 2.05) is 19.2 Å². The summed E-state index contributed by atoms with van der Waals surface area (Å²) in [5.74, 6) is -0.00342. The van der Waals surface area contributed by atoms with E-state index in [1.165, 1.54) is 0 Å². The van der Waals surface area contributed by atoms with Gasteiger partial charge in [0.2, 0.25) is 5.91 Å². The molecule has 0 bridgehead atoms. The number of amides is 1. The van der Waals surface area contributed by atoms with Gasteiger partial charge in [0.15, 0.2) is 0 Å². The van der Waals surface area contributed by atoms with Gasteiger partial charge >= 0.3 is 0 Å². The van der Waals surface area contributed by atoms with Crippen molar-refractivity contribution in [1.82, 2.24) is 10.3 Å². The van der Waals surface area contributed by atoms with E-state index in [0.717, 1.165) is 23.5 Å². The SMILES string of the molecule is CCC(CN)C(=O)NCCc1nc(C)cs1. The van der Waals surface area contributed by atoms with Crippen LogP contribution < -0.4 is 11.1 Å². The van der Waals surface area contributed by atoms with Gasteiger partial charge in [-0.1, -0.05) is 6.92 Å². The van der Waals surface area contributed by atoms with Gasteiger partial charge in [0.05, 0.1) is 5.01 Å². The molecule has 90 valence electrons. The summed E-state index contributed by atoms with van der Waals surface area (Å²) in [6.45, 7) is 5.00. The number of aromatic nitrogens is 1. The highest BCUT2D eigenvalue weighted by molar-refractivity contribution is 7.09. The standard InChI is InChI=1S/C11H19N3OS/c1-3-9(6-12)11(15)13-5-4-10-14-8(2)7-16-10/h7,9H,3-6,12H2,1-2H3,(H,13,15). The lowest BCUT2D eigenvalue weighted by Crippen LogP contribution is -2.35. The number of thiazole rings is 1. The highest BCUT2D eigenvalue weighted by Crippen LogP contribution is 2.08. The van der Waals surface area contributed by atoms with Gasteiger partial charge in [-0.15, -0.1) is 11.3 Å². The van der Waals surface area contributed by atoms with Crippen molar-refractivity contribution in [3.8, 4) is 0 Å². The topological polar surface area (TPSA) is 68.0 Å². The van der Waals surface area contributed by atoms with Gasteiger partial charge < -0.3 is 11.1 Å². The molecule has 1 rings (SSSR count). The van der Waals surface area contributed by atoms with Gasteiger partial charge in [-0.3, -0.25) is 4.79 Å². The Morgan fingerprint density at radius 2 is 2.44 bits per heavy atom. The van der Waals surface area contributed by atoms with Gasteiger partial charge in [-0.25, -0.2) is 4.98 Å². The molecule has 0 spiro atoms. The van der Waals surface area contributed by atoms with Crippen molar-refractivity contribution in [3.63, 3.8) is 0 Å². The number of hydrogen-bond donors (Lipinski definition) is 2. The normalized spacial score (nSPS) is 12.4. The smallest absolute Gasteiger partial charge is 0.224 e. The van der Waals surface area contributed by atoms with E-state index in [2.05, 4.69) is 10.3 Å². The molecule has 0 fully saturated rings. The van der Waals surface area contributed by atoms with Crippen molar-refractivity contribution >= 4 is 17.2 Å². The lowest BCUT2D eigenvalue weighted by atomic mass is 10.1. The lowest BCUT2D eigenvalue weighted by molar-refractivity contribution is -0.124. The first-order chi connectivity index (χ1) is 7.67. The van der Waals surface area contributed by atoms with E-state index in [4.69, 9.17) is 5.73 Å². The maximum absolute atomic E-state index is 11.6. The minimum Gasteiger partial charge on any atom is -0.355 e. The Hall–Kier alpha value is -0.940. The van der Waals surface area contributed by atoms with Crippen molar-refractivity contribution in [2.75, 3.05) is 13.1 Å². The maximum atomic E-state index is 11.6. The molecule has 0 aliphatic heterocycles. The number of rotatable bonds is 6. The van der Waals surface area contributed by atoms with Crippen LogP contribution in [-0.4, -0.2) is 24.0 Å². The van der Waals surface area contributed by atoms with Crippen LogP contribution in [0, 0.1) is 12.8 Å². The van der Waals surface area contributed by atoms with E-state index in [0.29, 0.717) is 13.1 Å². The molecule has 3 N–H and O–H groups in total. The molecule has 1 atom stereocenters. The van der Waals surface area contributed by atoms with E-state index < -0.39 is 0 Å². The second-order valence-corrected chi connectivity index (χ2v) is 4.71. The quantitative estimate of drug-likeness (QED) is 0.783. The van der Waals surface area contributed by atoms with E-state index in [1.54, 1.807) is 11.3 Å². The zero-order chi connectivity index (χ0) is 12.0. The van der Waals surface area contributed by atoms with Crippen molar-refractivity contribution < 1.29 is 4.79 Å². The number of nitrogens with one attached hydrogen (secondary N) is 1. The van der Waals surface area contributed by atoms with Crippen molar-refractivity contribution in [2.24, 2.45) is 11.7 Å². The van der Waals surface area contributed by atoms with Crippen LogP contribution in [0.4, 0.5) is 0 Å². The lowest BCUT2D eigenvalue weighted by Gasteiger charge is -2.11. The second-order valence-electron chi connectivity index (χ2n) is 3.76. The number of carbonyl (C=O) groups is 1. The first-order valence-electron chi connectivity index (χ1n) is 5.56. The predicted octanol–water partition coefficient (Wildman–Crippen LogP) is 1.10. The molecule has 16 heavy (non-hydrogen) atoms. The average molecular weight is 241 g/mol. The minimum atomic E-state index is -0.0574. The van der Waals surface area contributed by atoms with Crippen molar-refractivity contribution in [3.05, 3.63) is 16.1 Å². The molecule has 0 saturated heterocycles. The summed E-state index contributed by atoms with van der Waals surface area (Å²) >= 11 is 1.63. The second kappa shape index (κ2) is 6.60. The van der Waals surface area contributed by atoms with E-state index in [-0.39, 0.29) is 11.8 Å². The molecule has 1 amide bonds. The first-order valence-corrected chi connectivity index (χ1v) is 6.44. The highest BCUT2D eigenvalue weighted by atomic mass is 32.1. The van der Waals surface area contributed by atoms with Crippen LogP contribution in [0.1, 0.15) is 24.0 Å².